The minimum absolute atomic E-state index is 0.000599. The summed E-state index contributed by atoms with van der Waals surface area (Å²) in [5.74, 6) is 1.51. The van der Waals surface area contributed by atoms with Crippen LogP contribution in [0.5, 0.6) is 11.5 Å². The van der Waals surface area contributed by atoms with E-state index in [1.165, 1.54) is 11.8 Å². The van der Waals surface area contributed by atoms with Gasteiger partial charge in [-0.3, -0.25) is 9.59 Å². The van der Waals surface area contributed by atoms with Crippen molar-refractivity contribution < 1.29 is 19.1 Å². The van der Waals surface area contributed by atoms with Crippen molar-refractivity contribution in [1.29, 1.82) is 0 Å². The summed E-state index contributed by atoms with van der Waals surface area (Å²) in [6.45, 7) is 0.590. The Morgan fingerprint density at radius 2 is 1.94 bits per heavy atom. The third kappa shape index (κ3) is 3.58. The van der Waals surface area contributed by atoms with Gasteiger partial charge < -0.3 is 24.7 Å². The van der Waals surface area contributed by atoms with Crippen LogP contribution in [0.1, 0.15) is 15.9 Å². The average Bonchev–Trinajstić information content (AvgIpc) is 3.47. The van der Waals surface area contributed by atoms with Crippen LogP contribution in [0.2, 0.25) is 0 Å². The number of ether oxygens (including phenoxy) is 2. The van der Waals surface area contributed by atoms with Crippen LogP contribution in [0.4, 0.5) is 11.4 Å². The van der Waals surface area contributed by atoms with E-state index in [1.807, 2.05) is 48.5 Å². The summed E-state index contributed by atoms with van der Waals surface area (Å²) in [5, 5.41) is 3.92. The van der Waals surface area contributed by atoms with Gasteiger partial charge in [-0.2, -0.15) is 0 Å². The fourth-order valence-electron chi connectivity index (χ4n) is 4.11. The lowest BCUT2D eigenvalue weighted by Crippen LogP contribution is -2.35. The summed E-state index contributed by atoms with van der Waals surface area (Å²) in [7, 11) is 0. The predicted octanol–water partition coefficient (Wildman–Crippen LogP) is 4.79. The molecule has 164 valence electrons. The highest BCUT2D eigenvalue weighted by atomic mass is 32.2. The number of aromatic amines is 1. The van der Waals surface area contributed by atoms with Crippen molar-refractivity contribution in [1.82, 2.24) is 4.98 Å². The monoisotopic (exact) mass is 457 g/mol. The van der Waals surface area contributed by atoms with Gasteiger partial charge >= 0.3 is 0 Å². The van der Waals surface area contributed by atoms with Crippen LogP contribution in [0, 0.1) is 0 Å². The molecule has 2 aliphatic heterocycles. The molecule has 0 spiro atoms. The molecule has 0 radical (unpaired) electrons. The molecule has 8 heteroatoms. The molecule has 0 bridgehead atoms. The van der Waals surface area contributed by atoms with Crippen molar-refractivity contribution in [3.8, 4) is 11.5 Å². The van der Waals surface area contributed by atoms with E-state index in [2.05, 4.69) is 10.3 Å². The van der Waals surface area contributed by atoms with Crippen LogP contribution < -0.4 is 19.7 Å². The number of thioether (sulfide) groups is 1. The third-order valence-electron chi connectivity index (χ3n) is 5.78. The van der Waals surface area contributed by atoms with Gasteiger partial charge in [-0.1, -0.05) is 24.3 Å². The number of H-pyrrole nitrogens is 1. The zero-order valence-electron chi connectivity index (χ0n) is 17.5. The lowest BCUT2D eigenvalue weighted by molar-refractivity contribution is -0.116. The first kappa shape index (κ1) is 19.8. The highest BCUT2D eigenvalue weighted by Gasteiger charge is 2.27. The summed E-state index contributed by atoms with van der Waals surface area (Å²) in [6, 6.07) is 19.0. The standard InChI is InChI=1S/C25H19N3O4S/c29-24-13-33-23-8-6-16(25(30)27-19-11-26-18-4-2-1-3-17(18)19)10-20(23)28(24)12-15-5-7-21-22(9-15)32-14-31-21/h1-11,26H,12-14H2,(H,27,30). The van der Waals surface area contributed by atoms with Gasteiger partial charge in [-0.05, 0) is 42.0 Å². The van der Waals surface area contributed by atoms with Gasteiger partial charge in [0.1, 0.15) is 0 Å². The van der Waals surface area contributed by atoms with Crippen LogP contribution in [-0.2, 0) is 11.3 Å². The number of hydrogen-bond acceptors (Lipinski definition) is 5. The number of benzene rings is 3. The van der Waals surface area contributed by atoms with Crippen molar-refractivity contribution in [3.05, 3.63) is 78.0 Å². The number of aromatic nitrogens is 1. The molecular weight excluding hydrogens is 438 g/mol. The predicted molar refractivity (Wildman–Crippen MR) is 127 cm³/mol. The van der Waals surface area contributed by atoms with Gasteiger partial charge in [0.2, 0.25) is 12.7 Å². The quantitative estimate of drug-likeness (QED) is 0.461. The van der Waals surface area contributed by atoms with Crippen molar-refractivity contribution in [2.75, 3.05) is 22.8 Å². The van der Waals surface area contributed by atoms with Gasteiger partial charge in [0.15, 0.2) is 11.5 Å². The second kappa shape index (κ2) is 7.90. The van der Waals surface area contributed by atoms with Crippen LogP contribution in [-0.4, -0.2) is 29.3 Å². The summed E-state index contributed by atoms with van der Waals surface area (Å²) in [4.78, 5) is 31.7. The summed E-state index contributed by atoms with van der Waals surface area (Å²) in [5.41, 5.74) is 3.83. The molecule has 6 rings (SSSR count). The molecule has 0 fully saturated rings. The molecule has 3 heterocycles. The van der Waals surface area contributed by atoms with Crippen molar-refractivity contribution in [3.63, 3.8) is 0 Å². The maximum Gasteiger partial charge on any atom is 0.255 e. The first-order chi connectivity index (χ1) is 16.2. The summed E-state index contributed by atoms with van der Waals surface area (Å²) < 4.78 is 10.9. The second-order valence-electron chi connectivity index (χ2n) is 7.84. The van der Waals surface area contributed by atoms with E-state index >= 15 is 0 Å². The molecule has 0 atom stereocenters. The Hall–Kier alpha value is -3.91. The lowest BCUT2D eigenvalue weighted by atomic mass is 10.1. The number of carbonyl (C=O) groups is 2. The number of nitrogens with zero attached hydrogens (tertiary/aromatic N) is 1. The zero-order chi connectivity index (χ0) is 22.4. The maximum absolute atomic E-state index is 13.1. The van der Waals surface area contributed by atoms with Crippen LogP contribution in [0.3, 0.4) is 0 Å². The topological polar surface area (TPSA) is 83.7 Å². The SMILES string of the molecule is O=C(Nc1c[nH]c2ccccc12)c1ccc2c(c1)N(Cc1ccc3c(c1)OCO3)C(=O)CS2. The van der Waals surface area contributed by atoms with Gasteiger partial charge in [0, 0.05) is 27.6 Å². The number of para-hydroxylation sites is 1. The van der Waals surface area contributed by atoms with Crippen molar-refractivity contribution in [2.24, 2.45) is 0 Å². The molecule has 3 aromatic carbocycles. The highest BCUT2D eigenvalue weighted by molar-refractivity contribution is 8.00. The largest absolute Gasteiger partial charge is 0.454 e. The molecule has 33 heavy (non-hydrogen) atoms. The normalized spacial score (nSPS) is 14.4. The summed E-state index contributed by atoms with van der Waals surface area (Å²) in [6.07, 6.45) is 1.78. The Morgan fingerprint density at radius 3 is 2.88 bits per heavy atom. The van der Waals surface area contributed by atoms with Crippen molar-refractivity contribution >= 4 is 45.9 Å². The van der Waals surface area contributed by atoms with E-state index in [-0.39, 0.29) is 18.6 Å². The number of amides is 2. The average molecular weight is 458 g/mol. The fourth-order valence-corrected chi connectivity index (χ4v) is 5.02. The van der Waals surface area contributed by atoms with Crippen LogP contribution in [0.25, 0.3) is 10.9 Å². The Balaban J connectivity index is 1.29. The van der Waals surface area contributed by atoms with Crippen LogP contribution >= 0.6 is 11.8 Å². The lowest BCUT2D eigenvalue weighted by Gasteiger charge is -2.29. The second-order valence-corrected chi connectivity index (χ2v) is 8.86. The summed E-state index contributed by atoms with van der Waals surface area (Å²) >= 11 is 1.49. The molecule has 0 saturated carbocycles. The van der Waals surface area contributed by atoms with E-state index < -0.39 is 0 Å². The van der Waals surface area contributed by atoms with E-state index in [0.717, 1.165) is 32.7 Å². The molecule has 2 N–H and O–H groups in total. The van der Waals surface area contributed by atoms with E-state index in [0.29, 0.717) is 29.4 Å². The van der Waals surface area contributed by atoms with Gasteiger partial charge in [0.25, 0.3) is 5.91 Å². The Morgan fingerprint density at radius 1 is 1.06 bits per heavy atom. The van der Waals surface area contributed by atoms with Crippen LogP contribution in [0.15, 0.2) is 71.8 Å². The van der Waals surface area contributed by atoms with Gasteiger partial charge in [-0.15, -0.1) is 11.8 Å². The molecule has 7 nitrogen and oxygen atoms in total. The fraction of sp³-hybridized carbons (Fsp3) is 0.120. The number of carbonyl (C=O) groups excluding carboxylic acids is 2. The maximum atomic E-state index is 13.1. The number of nitrogens with one attached hydrogen (secondary N) is 2. The molecular formula is C25H19N3O4S. The van der Waals surface area contributed by atoms with E-state index in [4.69, 9.17) is 9.47 Å². The number of rotatable bonds is 4. The molecule has 4 aromatic rings. The Kier molecular flexibility index (Phi) is 4.73. The van der Waals surface area contributed by atoms with E-state index in [9.17, 15) is 9.59 Å². The number of hydrogen-bond donors (Lipinski definition) is 2. The van der Waals surface area contributed by atoms with E-state index in [1.54, 1.807) is 23.2 Å². The molecule has 2 amide bonds. The van der Waals surface area contributed by atoms with Crippen molar-refractivity contribution in [2.45, 2.75) is 11.4 Å². The molecule has 0 saturated heterocycles. The Bertz CT molecular complexity index is 1410. The minimum Gasteiger partial charge on any atom is -0.454 e. The molecule has 0 aliphatic carbocycles. The first-order valence-corrected chi connectivity index (χ1v) is 11.5. The Labute approximate surface area is 193 Å². The molecule has 1 aromatic heterocycles. The van der Waals surface area contributed by atoms with Gasteiger partial charge in [-0.25, -0.2) is 0 Å². The van der Waals surface area contributed by atoms with Gasteiger partial charge in [0.05, 0.1) is 23.7 Å². The molecule has 0 unspecified atom stereocenters. The minimum atomic E-state index is -0.228. The zero-order valence-corrected chi connectivity index (χ0v) is 18.3. The molecule has 2 aliphatic rings. The number of anilines is 2. The number of fused-ring (bicyclic) bond motifs is 3. The smallest absolute Gasteiger partial charge is 0.255 e. The highest BCUT2D eigenvalue weighted by Crippen LogP contribution is 2.38. The third-order valence-corrected chi connectivity index (χ3v) is 6.83. The first-order valence-electron chi connectivity index (χ1n) is 10.5.